The molecule has 1 N–H and O–H groups in total. The van der Waals surface area contributed by atoms with E-state index in [-0.39, 0.29) is 11.7 Å². The van der Waals surface area contributed by atoms with Crippen LogP contribution >= 0.6 is 11.3 Å². The largest absolute Gasteiger partial charge is 0.469 e. The summed E-state index contributed by atoms with van der Waals surface area (Å²) in [4.78, 5) is 15.2. The lowest BCUT2D eigenvalue weighted by Crippen LogP contribution is -2.29. The lowest BCUT2D eigenvalue weighted by atomic mass is 10.0. The second kappa shape index (κ2) is 6.53. The van der Waals surface area contributed by atoms with Crippen LogP contribution in [0, 0.1) is 0 Å². The molecule has 0 unspecified atom stereocenters. The zero-order valence-corrected chi connectivity index (χ0v) is 12.9. The third-order valence-corrected chi connectivity index (χ3v) is 6.09. The summed E-state index contributed by atoms with van der Waals surface area (Å²) >= 11 is 1.18. The number of hydrogen-bond acceptors (Lipinski definition) is 6. The van der Waals surface area contributed by atoms with Gasteiger partial charge in [0.25, 0.3) is 0 Å². The Hall–Kier alpha value is -1.15. The Morgan fingerprint density at radius 2 is 2.15 bits per heavy atom. The Bertz CT molecular complexity index is 562. The minimum Gasteiger partial charge on any atom is -0.469 e. The highest BCUT2D eigenvalue weighted by molar-refractivity contribution is 7.93. The fourth-order valence-electron chi connectivity index (χ4n) is 2.24. The Kier molecular flexibility index (Phi) is 4.98. The summed E-state index contributed by atoms with van der Waals surface area (Å²) in [6.07, 6.45) is 4.48. The van der Waals surface area contributed by atoms with E-state index in [9.17, 15) is 13.2 Å². The van der Waals surface area contributed by atoms with Crippen LogP contribution in [0.5, 0.6) is 0 Å². The molecule has 2 rings (SSSR count). The minimum atomic E-state index is -3.38. The molecule has 0 aliphatic heterocycles. The maximum absolute atomic E-state index is 12.2. The SMILES string of the molecule is COC(=O)Cc1csc(NS(=O)(=O)C2CCCCC2)n1. The van der Waals surface area contributed by atoms with Crippen LogP contribution in [0.1, 0.15) is 37.8 Å². The maximum atomic E-state index is 12.2. The van der Waals surface area contributed by atoms with Gasteiger partial charge in [0.2, 0.25) is 10.0 Å². The van der Waals surface area contributed by atoms with E-state index < -0.39 is 16.0 Å². The summed E-state index contributed by atoms with van der Waals surface area (Å²) < 4.78 is 31.5. The van der Waals surface area contributed by atoms with E-state index in [1.54, 1.807) is 5.38 Å². The van der Waals surface area contributed by atoms with Crippen LogP contribution in [0.15, 0.2) is 5.38 Å². The van der Waals surface area contributed by atoms with Crippen LogP contribution in [0.25, 0.3) is 0 Å². The number of esters is 1. The molecule has 6 nitrogen and oxygen atoms in total. The Labute approximate surface area is 122 Å². The van der Waals surface area contributed by atoms with Crippen LogP contribution in [0.3, 0.4) is 0 Å². The van der Waals surface area contributed by atoms with Gasteiger partial charge >= 0.3 is 5.97 Å². The Morgan fingerprint density at radius 3 is 2.80 bits per heavy atom. The maximum Gasteiger partial charge on any atom is 0.311 e. The van der Waals surface area contributed by atoms with Crippen LogP contribution < -0.4 is 4.72 Å². The number of sulfonamides is 1. The van der Waals surface area contributed by atoms with Crippen molar-refractivity contribution in [3.05, 3.63) is 11.1 Å². The van der Waals surface area contributed by atoms with E-state index in [1.807, 2.05) is 0 Å². The molecule has 1 aromatic rings. The van der Waals surface area contributed by atoms with Gasteiger partial charge < -0.3 is 4.74 Å². The summed E-state index contributed by atoms with van der Waals surface area (Å²) in [7, 11) is -2.07. The molecule has 0 saturated heterocycles. The van der Waals surface area contributed by atoms with Gasteiger partial charge in [-0.3, -0.25) is 9.52 Å². The fourth-order valence-corrected chi connectivity index (χ4v) is 4.74. The van der Waals surface area contributed by atoms with Gasteiger partial charge in [-0.15, -0.1) is 11.3 Å². The number of ether oxygens (including phenoxy) is 1. The standard InChI is InChI=1S/C12H18N2O4S2/c1-18-11(15)7-9-8-19-12(13-9)14-20(16,17)10-5-3-2-4-6-10/h8,10H,2-7H2,1H3,(H,13,14). The second-order valence-electron chi connectivity index (χ2n) is 4.80. The molecule has 1 aliphatic rings. The van der Waals surface area contributed by atoms with Gasteiger partial charge in [-0.05, 0) is 12.8 Å². The third kappa shape index (κ3) is 3.92. The molecule has 1 saturated carbocycles. The van der Waals surface area contributed by atoms with Crippen LogP contribution in [0.2, 0.25) is 0 Å². The highest BCUT2D eigenvalue weighted by Crippen LogP contribution is 2.26. The Balaban J connectivity index is 2.00. The van der Waals surface area contributed by atoms with Crippen LogP contribution in [0.4, 0.5) is 5.13 Å². The van der Waals surface area contributed by atoms with E-state index in [0.29, 0.717) is 23.7 Å². The normalized spacial score (nSPS) is 16.9. The highest BCUT2D eigenvalue weighted by Gasteiger charge is 2.27. The van der Waals surface area contributed by atoms with Crippen molar-refractivity contribution >= 4 is 32.5 Å². The van der Waals surface area contributed by atoms with Crippen molar-refractivity contribution in [2.24, 2.45) is 0 Å². The van der Waals surface area contributed by atoms with Gasteiger partial charge in [-0.2, -0.15) is 0 Å². The summed E-state index contributed by atoms with van der Waals surface area (Å²) in [5.41, 5.74) is 0.517. The predicted octanol–water partition coefficient (Wildman–Crippen LogP) is 1.93. The minimum absolute atomic E-state index is 0.0537. The van der Waals surface area contributed by atoms with Crippen molar-refractivity contribution in [3.8, 4) is 0 Å². The molecule has 0 bridgehead atoms. The van der Waals surface area contributed by atoms with Crippen molar-refractivity contribution in [2.45, 2.75) is 43.8 Å². The number of anilines is 1. The first kappa shape index (κ1) is 15.2. The smallest absolute Gasteiger partial charge is 0.311 e. The summed E-state index contributed by atoms with van der Waals surface area (Å²) in [6.45, 7) is 0. The monoisotopic (exact) mass is 318 g/mol. The molecule has 0 aromatic carbocycles. The first-order valence-corrected chi connectivity index (χ1v) is 8.96. The number of aromatic nitrogens is 1. The number of thiazole rings is 1. The van der Waals surface area contributed by atoms with Gasteiger partial charge in [0.1, 0.15) is 0 Å². The summed E-state index contributed by atoms with van der Waals surface area (Å²) in [6, 6.07) is 0. The predicted molar refractivity (Wildman–Crippen MR) is 77.2 cm³/mol. The van der Waals surface area contributed by atoms with Crippen molar-refractivity contribution < 1.29 is 17.9 Å². The van der Waals surface area contributed by atoms with E-state index in [2.05, 4.69) is 14.4 Å². The average Bonchev–Trinajstić information content (AvgIpc) is 2.86. The molecule has 1 aromatic heterocycles. The number of rotatable bonds is 5. The van der Waals surface area contributed by atoms with Crippen molar-refractivity contribution in [3.63, 3.8) is 0 Å². The topological polar surface area (TPSA) is 85.4 Å². The molecule has 0 radical (unpaired) electrons. The van der Waals surface area contributed by atoms with Crippen molar-refractivity contribution in [1.29, 1.82) is 0 Å². The first-order chi connectivity index (χ1) is 9.51. The van der Waals surface area contributed by atoms with Gasteiger partial charge in [0, 0.05) is 5.38 Å². The molecule has 112 valence electrons. The summed E-state index contributed by atoms with van der Waals surface area (Å²) in [5, 5.41) is 1.65. The average molecular weight is 318 g/mol. The molecule has 0 atom stereocenters. The Morgan fingerprint density at radius 1 is 1.45 bits per heavy atom. The van der Waals surface area contributed by atoms with Gasteiger partial charge in [0.05, 0.1) is 24.5 Å². The molecule has 20 heavy (non-hydrogen) atoms. The van der Waals surface area contributed by atoms with Crippen molar-refractivity contribution in [2.75, 3.05) is 11.8 Å². The number of nitrogens with zero attached hydrogens (tertiary/aromatic N) is 1. The van der Waals surface area contributed by atoms with E-state index in [4.69, 9.17) is 0 Å². The van der Waals surface area contributed by atoms with Gasteiger partial charge in [0.15, 0.2) is 5.13 Å². The van der Waals surface area contributed by atoms with Crippen molar-refractivity contribution in [1.82, 2.24) is 4.98 Å². The lowest BCUT2D eigenvalue weighted by Gasteiger charge is -2.21. The summed E-state index contributed by atoms with van der Waals surface area (Å²) in [5.74, 6) is -0.392. The number of nitrogens with one attached hydrogen (secondary N) is 1. The first-order valence-electron chi connectivity index (χ1n) is 6.54. The van der Waals surface area contributed by atoms with Crippen LogP contribution in [-0.4, -0.2) is 31.7 Å². The third-order valence-electron chi connectivity index (χ3n) is 3.33. The number of carbonyl (C=O) groups excluding carboxylic acids is 1. The van der Waals surface area contributed by atoms with Gasteiger partial charge in [-0.1, -0.05) is 19.3 Å². The second-order valence-corrected chi connectivity index (χ2v) is 7.62. The number of methoxy groups -OCH3 is 1. The molecule has 1 aliphatic carbocycles. The van der Waals surface area contributed by atoms with E-state index in [1.165, 1.54) is 18.4 Å². The zero-order chi connectivity index (χ0) is 14.6. The number of hydrogen-bond donors (Lipinski definition) is 1. The fraction of sp³-hybridized carbons (Fsp3) is 0.667. The van der Waals surface area contributed by atoms with E-state index >= 15 is 0 Å². The highest BCUT2D eigenvalue weighted by atomic mass is 32.2. The quantitative estimate of drug-likeness (QED) is 0.839. The number of carbonyl (C=O) groups is 1. The molecular formula is C12H18N2O4S2. The van der Waals surface area contributed by atoms with Crippen LogP contribution in [-0.2, 0) is 26.0 Å². The molecule has 0 amide bonds. The lowest BCUT2D eigenvalue weighted by molar-refractivity contribution is -0.139. The van der Waals surface area contributed by atoms with Gasteiger partial charge in [-0.25, -0.2) is 13.4 Å². The molecule has 0 spiro atoms. The molecule has 1 heterocycles. The molecule has 1 fully saturated rings. The van der Waals surface area contributed by atoms with E-state index in [0.717, 1.165) is 19.3 Å². The molecular weight excluding hydrogens is 300 g/mol. The molecule has 8 heteroatoms. The zero-order valence-electron chi connectivity index (χ0n) is 11.3.